The lowest BCUT2D eigenvalue weighted by molar-refractivity contribution is -0.0160. The second-order valence-corrected chi connectivity index (χ2v) is 8.52. The van der Waals surface area contributed by atoms with Crippen molar-refractivity contribution in [3.8, 4) is 0 Å². The zero-order valence-electron chi connectivity index (χ0n) is 13.8. The minimum Gasteiger partial charge on any atom is -0.458 e. The van der Waals surface area contributed by atoms with Gasteiger partial charge in [-0.15, -0.1) is 22.7 Å². The number of thiophene rings is 2. The van der Waals surface area contributed by atoms with Crippen LogP contribution in [0.5, 0.6) is 0 Å². The Hall–Kier alpha value is -0.910. The Labute approximate surface area is 145 Å². The van der Waals surface area contributed by atoms with E-state index in [1.54, 1.807) is 22.7 Å². The maximum atomic E-state index is 12.4. The number of carbonyl (C=O) groups is 1. The van der Waals surface area contributed by atoms with Crippen LogP contribution in [0.2, 0.25) is 0 Å². The maximum absolute atomic E-state index is 12.4. The Kier molecular flexibility index (Phi) is 5.72. The van der Waals surface area contributed by atoms with Gasteiger partial charge in [0.1, 0.15) is 11.0 Å². The van der Waals surface area contributed by atoms with E-state index < -0.39 is 0 Å². The first-order chi connectivity index (χ1) is 11.2. The van der Waals surface area contributed by atoms with Crippen LogP contribution in [0.1, 0.15) is 60.5 Å². The van der Waals surface area contributed by atoms with Crippen molar-refractivity contribution in [2.45, 2.75) is 64.6 Å². The standard InChI is InChI=1S/C18H24O3S2/c1-3-5-15-10-12-11-16(23-18(12)22-15)17(19)21-14-8-6-13(7-9-14)20-4-2/h10-11,13-14H,3-9H2,1-2H3. The number of ether oxygens (including phenoxy) is 2. The van der Waals surface area contributed by atoms with E-state index in [0.29, 0.717) is 6.10 Å². The van der Waals surface area contributed by atoms with Gasteiger partial charge in [0.05, 0.1) is 10.1 Å². The highest BCUT2D eigenvalue weighted by molar-refractivity contribution is 7.39. The van der Waals surface area contributed by atoms with Gasteiger partial charge in [-0.1, -0.05) is 13.3 Å². The molecule has 0 aromatic carbocycles. The van der Waals surface area contributed by atoms with Gasteiger partial charge < -0.3 is 9.47 Å². The third kappa shape index (κ3) is 4.14. The molecule has 0 radical (unpaired) electrons. The van der Waals surface area contributed by atoms with Crippen LogP contribution in [0.4, 0.5) is 0 Å². The molecule has 2 aromatic rings. The van der Waals surface area contributed by atoms with E-state index in [-0.39, 0.29) is 12.1 Å². The summed E-state index contributed by atoms with van der Waals surface area (Å²) in [5, 5.41) is 1.19. The molecule has 3 nitrogen and oxygen atoms in total. The Morgan fingerprint density at radius 2 is 1.87 bits per heavy atom. The summed E-state index contributed by atoms with van der Waals surface area (Å²) in [6.45, 7) is 4.98. The average molecular weight is 353 g/mol. The first-order valence-corrected chi connectivity index (χ1v) is 10.2. The number of hydrogen-bond donors (Lipinski definition) is 0. The van der Waals surface area contributed by atoms with Crippen LogP contribution in [0, 0.1) is 0 Å². The highest BCUT2D eigenvalue weighted by Gasteiger charge is 2.25. The molecule has 0 unspecified atom stereocenters. The second kappa shape index (κ2) is 7.77. The molecule has 23 heavy (non-hydrogen) atoms. The fourth-order valence-corrected chi connectivity index (χ4v) is 5.60. The first kappa shape index (κ1) is 16.9. The molecule has 1 aliphatic rings. The summed E-state index contributed by atoms with van der Waals surface area (Å²) < 4.78 is 12.6. The topological polar surface area (TPSA) is 35.5 Å². The molecule has 5 heteroatoms. The fourth-order valence-electron chi connectivity index (χ4n) is 3.12. The lowest BCUT2D eigenvalue weighted by Gasteiger charge is -2.27. The summed E-state index contributed by atoms with van der Waals surface area (Å²) in [5.74, 6) is -0.157. The number of hydrogen-bond acceptors (Lipinski definition) is 5. The van der Waals surface area contributed by atoms with Crippen LogP contribution in [0.3, 0.4) is 0 Å². The lowest BCUT2D eigenvalue weighted by atomic mass is 9.95. The van der Waals surface area contributed by atoms with Crippen molar-refractivity contribution in [2.75, 3.05) is 6.61 Å². The predicted octanol–water partition coefficient (Wildman–Crippen LogP) is 5.42. The van der Waals surface area contributed by atoms with Crippen molar-refractivity contribution >= 4 is 38.0 Å². The zero-order valence-corrected chi connectivity index (χ0v) is 15.4. The molecule has 0 aliphatic heterocycles. The normalized spacial score (nSPS) is 21.7. The van der Waals surface area contributed by atoms with Gasteiger partial charge in [0.15, 0.2) is 0 Å². The van der Waals surface area contributed by atoms with E-state index in [4.69, 9.17) is 9.47 Å². The second-order valence-electron chi connectivity index (χ2n) is 6.08. The van der Waals surface area contributed by atoms with Crippen LogP contribution < -0.4 is 0 Å². The molecular formula is C18H24O3S2. The van der Waals surface area contributed by atoms with Crippen molar-refractivity contribution in [2.24, 2.45) is 0 Å². The first-order valence-electron chi connectivity index (χ1n) is 8.54. The summed E-state index contributed by atoms with van der Waals surface area (Å²) >= 11 is 3.37. The number of fused-ring (bicyclic) bond motifs is 1. The van der Waals surface area contributed by atoms with Gasteiger partial charge in [-0.05, 0) is 51.2 Å². The van der Waals surface area contributed by atoms with Crippen molar-refractivity contribution < 1.29 is 14.3 Å². The summed E-state index contributed by atoms with van der Waals surface area (Å²) in [6.07, 6.45) is 6.49. The Balaban J connectivity index is 1.57. The van der Waals surface area contributed by atoms with Gasteiger partial charge in [0, 0.05) is 16.9 Å². The predicted molar refractivity (Wildman–Crippen MR) is 96.8 cm³/mol. The Morgan fingerprint density at radius 3 is 2.52 bits per heavy atom. The monoisotopic (exact) mass is 352 g/mol. The largest absolute Gasteiger partial charge is 0.458 e. The van der Waals surface area contributed by atoms with Gasteiger partial charge in [-0.25, -0.2) is 4.79 Å². The molecule has 3 rings (SSSR count). The Bertz CT molecular complexity index is 619. The van der Waals surface area contributed by atoms with Crippen LogP contribution in [0.15, 0.2) is 12.1 Å². The van der Waals surface area contributed by atoms with Gasteiger partial charge in [-0.3, -0.25) is 0 Å². The van der Waals surface area contributed by atoms with Crippen molar-refractivity contribution in [3.63, 3.8) is 0 Å². The van der Waals surface area contributed by atoms with Crippen LogP contribution in [0.25, 0.3) is 9.40 Å². The third-order valence-electron chi connectivity index (χ3n) is 4.26. The molecule has 2 aromatic heterocycles. The molecule has 0 amide bonds. The summed E-state index contributed by atoms with van der Waals surface area (Å²) in [4.78, 5) is 14.5. The highest BCUT2D eigenvalue weighted by Crippen LogP contribution is 2.35. The molecule has 126 valence electrons. The van der Waals surface area contributed by atoms with Crippen molar-refractivity contribution in [3.05, 3.63) is 21.9 Å². The van der Waals surface area contributed by atoms with Gasteiger partial charge >= 0.3 is 5.97 Å². The van der Waals surface area contributed by atoms with E-state index in [9.17, 15) is 4.79 Å². The van der Waals surface area contributed by atoms with Crippen molar-refractivity contribution in [1.29, 1.82) is 0 Å². The van der Waals surface area contributed by atoms with Gasteiger partial charge in [0.25, 0.3) is 0 Å². The maximum Gasteiger partial charge on any atom is 0.348 e. The number of rotatable bonds is 6. The minimum atomic E-state index is -0.157. The van der Waals surface area contributed by atoms with E-state index in [0.717, 1.165) is 50.0 Å². The molecule has 0 bridgehead atoms. The van der Waals surface area contributed by atoms with Crippen LogP contribution in [-0.4, -0.2) is 24.8 Å². The van der Waals surface area contributed by atoms with Crippen LogP contribution in [-0.2, 0) is 15.9 Å². The summed E-state index contributed by atoms with van der Waals surface area (Å²) in [7, 11) is 0. The Morgan fingerprint density at radius 1 is 1.13 bits per heavy atom. The van der Waals surface area contributed by atoms with Crippen molar-refractivity contribution in [1.82, 2.24) is 0 Å². The number of carbonyl (C=O) groups excluding carboxylic acids is 1. The molecule has 0 saturated heterocycles. The number of esters is 1. The molecule has 0 spiro atoms. The highest BCUT2D eigenvalue weighted by atomic mass is 32.2. The third-order valence-corrected chi connectivity index (χ3v) is 6.69. The average Bonchev–Trinajstić information content (AvgIpc) is 3.08. The molecule has 1 fully saturated rings. The molecule has 0 N–H and O–H groups in total. The van der Waals surface area contributed by atoms with E-state index in [2.05, 4.69) is 13.0 Å². The molecular weight excluding hydrogens is 328 g/mol. The summed E-state index contributed by atoms with van der Waals surface area (Å²) in [5.41, 5.74) is 0. The smallest absolute Gasteiger partial charge is 0.348 e. The molecule has 1 aliphatic carbocycles. The molecule has 0 atom stereocenters. The zero-order chi connectivity index (χ0) is 16.2. The van der Waals surface area contributed by atoms with E-state index >= 15 is 0 Å². The SMILES string of the molecule is CCCc1cc2cc(C(=O)OC3CCC(OCC)CC3)sc2s1. The molecule has 2 heterocycles. The number of aryl methyl sites for hydroxylation is 1. The van der Waals surface area contributed by atoms with Gasteiger partial charge in [-0.2, -0.15) is 0 Å². The van der Waals surface area contributed by atoms with E-state index in [1.807, 2.05) is 13.0 Å². The quantitative estimate of drug-likeness (QED) is 0.651. The lowest BCUT2D eigenvalue weighted by Crippen LogP contribution is -2.28. The fraction of sp³-hybridized carbons (Fsp3) is 0.611. The van der Waals surface area contributed by atoms with Gasteiger partial charge in [0.2, 0.25) is 0 Å². The minimum absolute atomic E-state index is 0.0509. The van der Waals surface area contributed by atoms with E-state index in [1.165, 1.54) is 14.3 Å². The summed E-state index contributed by atoms with van der Waals surface area (Å²) in [6, 6.07) is 4.20. The molecule has 1 saturated carbocycles. The van der Waals surface area contributed by atoms with Crippen LogP contribution >= 0.6 is 22.7 Å².